The highest BCUT2D eigenvalue weighted by Crippen LogP contribution is 2.09. The minimum atomic E-state index is 0.0161. The van der Waals surface area contributed by atoms with Gasteiger partial charge in [-0.3, -0.25) is 9.48 Å². The van der Waals surface area contributed by atoms with E-state index in [4.69, 9.17) is 0 Å². The number of carbonyl (C=O) groups is 1. The highest BCUT2D eigenvalue weighted by atomic mass is 16.2. The van der Waals surface area contributed by atoms with Crippen LogP contribution < -0.4 is 10.6 Å². The summed E-state index contributed by atoms with van der Waals surface area (Å²) in [5.74, 6) is 0.625. The zero-order valence-corrected chi connectivity index (χ0v) is 11.7. The molecule has 0 saturated heterocycles. The number of hydrogen-bond donors (Lipinski definition) is 2. The Labute approximate surface area is 109 Å². The summed E-state index contributed by atoms with van der Waals surface area (Å²) in [6.07, 6.45) is 4.71. The summed E-state index contributed by atoms with van der Waals surface area (Å²) in [7, 11) is 1.90. The van der Waals surface area contributed by atoms with Crippen LogP contribution in [0.1, 0.15) is 38.8 Å². The summed E-state index contributed by atoms with van der Waals surface area (Å²) in [5.41, 5.74) is 1.09. The second-order valence-electron chi connectivity index (χ2n) is 5.01. The fourth-order valence-corrected chi connectivity index (χ4v) is 1.56. The van der Waals surface area contributed by atoms with Gasteiger partial charge in [-0.15, -0.1) is 0 Å². The van der Waals surface area contributed by atoms with E-state index in [9.17, 15) is 4.79 Å². The average molecular weight is 252 g/mol. The van der Waals surface area contributed by atoms with Crippen LogP contribution in [0.25, 0.3) is 0 Å². The zero-order valence-electron chi connectivity index (χ0n) is 11.7. The third kappa shape index (κ3) is 4.87. The Bertz CT molecular complexity index is 373. The van der Waals surface area contributed by atoms with Crippen LogP contribution in [0.3, 0.4) is 0 Å². The predicted octanol–water partition coefficient (Wildman–Crippen LogP) is 1.33. The lowest BCUT2D eigenvalue weighted by molar-refractivity contribution is -0.121. The number of nitrogens with one attached hydrogen (secondary N) is 2. The van der Waals surface area contributed by atoms with Crippen LogP contribution in [0, 0.1) is 5.92 Å². The molecule has 0 bridgehead atoms. The van der Waals surface area contributed by atoms with Crippen molar-refractivity contribution in [2.45, 2.75) is 39.8 Å². The lowest BCUT2D eigenvalue weighted by Crippen LogP contribution is -2.29. The molecule has 0 aliphatic carbocycles. The largest absolute Gasteiger partial charge is 0.354 e. The lowest BCUT2D eigenvalue weighted by atomic mass is 10.1. The van der Waals surface area contributed by atoms with Gasteiger partial charge in [-0.2, -0.15) is 5.10 Å². The van der Waals surface area contributed by atoms with Crippen LogP contribution in [-0.4, -0.2) is 29.3 Å². The molecule has 0 aromatic carbocycles. The van der Waals surface area contributed by atoms with Gasteiger partial charge >= 0.3 is 0 Å². The molecule has 0 spiro atoms. The van der Waals surface area contributed by atoms with Gasteiger partial charge in [-0.25, -0.2) is 0 Å². The van der Waals surface area contributed by atoms with Crippen LogP contribution in [0.2, 0.25) is 0 Å². The van der Waals surface area contributed by atoms with Gasteiger partial charge in [0.05, 0.1) is 6.20 Å². The van der Waals surface area contributed by atoms with E-state index in [1.54, 1.807) is 10.9 Å². The van der Waals surface area contributed by atoms with Gasteiger partial charge in [0.1, 0.15) is 6.54 Å². The smallest absolute Gasteiger partial charge is 0.241 e. The Hall–Kier alpha value is -1.36. The third-order valence-electron chi connectivity index (χ3n) is 2.94. The van der Waals surface area contributed by atoms with Crippen molar-refractivity contribution in [3.05, 3.63) is 18.0 Å². The molecule has 1 unspecified atom stereocenters. The molecule has 5 nitrogen and oxygen atoms in total. The fourth-order valence-electron chi connectivity index (χ4n) is 1.56. The second-order valence-corrected chi connectivity index (χ2v) is 5.01. The van der Waals surface area contributed by atoms with Crippen LogP contribution in [0.15, 0.2) is 12.4 Å². The molecule has 1 amide bonds. The standard InChI is InChI=1S/C13H24N4O/c1-10(2)5-6-15-13(18)9-17-8-12(7-16-17)11(3)14-4/h7-8,10-11,14H,5-6,9H2,1-4H3,(H,15,18). The van der Waals surface area contributed by atoms with E-state index in [2.05, 4.69) is 36.5 Å². The predicted molar refractivity (Wildman–Crippen MR) is 72.2 cm³/mol. The Kier molecular flexibility index (Phi) is 5.85. The molecule has 0 aliphatic rings. The van der Waals surface area contributed by atoms with E-state index in [0.717, 1.165) is 18.5 Å². The summed E-state index contributed by atoms with van der Waals surface area (Å²) >= 11 is 0. The topological polar surface area (TPSA) is 59.0 Å². The van der Waals surface area contributed by atoms with Crippen molar-refractivity contribution in [3.63, 3.8) is 0 Å². The number of carbonyl (C=O) groups excluding carboxylic acids is 1. The number of nitrogens with zero attached hydrogens (tertiary/aromatic N) is 2. The number of amides is 1. The van der Waals surface area contributed by atoms with E-state index in [-0.39, 0.29) is 18.5 Å². The normalized spacial score (nSPS) is 12.7. The first-order valence-electron chi connectivity index (χ1n) is 6.49. The van der Waals surface area contributed by atoms with Crippen LogP contribution in [-0.2, 0) is 11.3 Å². The monoisotopic (exact) mass is 252 g/mol. The molecule has 0 aliphatic heterocycles. The van der Waals surface area contributed by atoms with Crippen LogP contribution in [0.4, 0.5) is 0 Å². The molecular formula is C13H24N4O. The first kappa shape index (κ1) is 14.7. The van der Waals surface area contributed by atoms with E-state index in [0.29, 0.717) is 5.92 Å². The van der Waals surface area contributed by atoms with Crippen molar-refractivity contribution in [2.24, 2.45) is 5.92 Å². The van der Waals surface area contributed by atoms with Crippen LogP contribution >= 0.6 is 0 Å². The quantitative estimate of drug-likeness (QED) is 0.769. The molecule has 1 aromatic rings. The maximum atomic E-state index is 11.7. The molecular weight excluding hydrogens is 228 g/mol. The number of aromatic nitrogens is 2. The first-order chi connectivity index (χ1) is 8.52. The van der Waals surface area contributed by atoms with Crippen molar-refractivity contribution in [1.29, 1.82) is 0 Å². The lowest BCUT2D eigenvalue weighted by Gasteiger charge is -2.07. The minimum Gasteiger partial charge on any atom is -0.354 e. The Balaban J connectivity index is 2.38. The summed E-state index contributed by atoms with van der Waals surface area (Å²) in [4.78, 5) is 11.7. The summed E-state index contributed by atoms with van der Waals surface area (Å²) in [6, 6.07) is 0.253. The van der Waals surface area contributed by atoms with Crippen molar-refractivity contribution < 1.29 is 4.79 Å². The molecule has 5 heteroatoms. The Morgan fingerprint density at radius 1 is 1.44 bits per heavy atom. The molecule has 0 radical (unpaired) electrons. The molecule has 1 atom stereocenters. The maximum Gasteiger partial charge on any atom is 0.241 e. The van der Waals surface area contributed by atoms with Gasteiger partial charge in [-0.1, -0.05) is 13.8 Å². The molecule has 1 rings (SSSR count). The molecule has 18 heavy (non-hydrogen) atoms. The van der Waals surface area contributed by atoms with Gasteiger partial charge in [0, 0.05) is 24.3 Å². The van der Waals surface area contributed by atoms with Gasteiger partial charge in [0.2, 0.25) is 5.91 Å². The van der Waals surface area contributed by atoms with Gasteiger partial charge < -0.3 is 10.6 Å². The Morgan fingerprint density at radius 2 is 2.17 bits per heavy atom. The Morgan fingerprint density at radius 3 is 2.78 bits per heavy atom. The molecule has 102 valence electrons. The van der Waals surface area contributed by atoms with Crippen molar-refractivity contribution in [3.8, 4) is 0 Å². The summed E-state index contributed by atoms with van der Waals surface area (Å²) in [6.45, 7) is 7.37. The number of hydrogen-bond acceptors (Lipinski definition) is 3. The first-order valence-corrected chi connectivity index (χ1v) is 6.49. The second kappa shape index (κ2) is 7.16. The van der Waals surface area contributed by atoms with Crippen molar-refractivity contribution >= 4 is 5.91 Å². The third-order valence-corrected chi connectivity index (χ3v) is 2.94. The minimum absolute atomic E-state index is 0.0161. The van der Waals surface area contributed by atoms with Crippen molar-refractivity contribution in [1.82, 2.24) is 20.4 Å². The van der Waals surface area contributed by atoms with Crippen molar-refractivity contribution in [2.75, 3.05) is 13.6 Å². The zero-order chi connectivity index (χ0) is 13.5. The van der Waals surface area contributed by atoms with Gasteiger partial charge in [-0.05, 0) is 26.3 Å². The fraction of sp³-hybridized carbons (Fsp3) is 0.692. The van der Waals surface area contributed by atoms with Gasteiger partial charge in [0.15, 0.2) is 0 Å². The van der Waals surface area contributed by atoms with E-state index in [1.165, 1.54) is 0 Å². The maximum absolute atomic E-state index is 11.7. The highest BCUT2D eigenvalue weighted by molar-refractivity contribution is 5.75. The SMILES string of the molecule is CNC(C)c1cnn(CC(=O)NCCC(C)C)c1. The molecule has 0 fully saturated rings. The average Bonchev–Trinajstić information content (AvgIpc) is 2.76. The molecule has 2 N–H and O–H groups in total. The van der Waals surface area contributed by atoms with Crippen LogP contribution in [0.5, 0.6) is 0 Å². The molecule has 1 heterocycles. The van der Waals surface area contributed by atoms with E-state index in [1.807, 2.05) is 13.2 Å². The molecule has 1 aromatic heterocycles. The van der Waals surface area contributed by atoms with E-state index >= 15 is 0 Å². The van der Waals surface area contributed by atoms with E-state index < -0.39 is 0 Å². The van der Waals surface area contributed by atoms with Gasteiger partial charge in [0.25, 0.3) is 0 Å². The number of rotatable bonds is 7. The summed E-state index contributed by atoms with van der Waals surface area (Å²) < 4.78 is 1.67. The summed E-state index contributed by atoms with van der Waals surface area (Å²) in [5, 5.41) is 10.2. The molecule has 0 saturated carbocycles. The highest BCUT2D eigenvalue weighted by Gasteiger charge is 2.08.